The van der Waals surface area contributed by atoms with Crippen LogP contribution < -0.4 is 14.2 Å². The minimum atomic E-state index is -0.743. The lowest BCUT2D eigenvalue weighted by Gasteiger charge is -2.16. The molecule has 0 spiro atoms. The van der Waals surface area contributed by atoms with E-state index in [1.165, 1.54) is 33.5 Å². The van der Waals surface area contributed by atoms with Gasteiger partial charge in [-0.25, -0.2) is 0 Å². The molecule has 2 aromatic carbocycles. The summed E-state index contributed by atoms with van der Waals surface area (Å²) in [6, 6.07) is 8.04. The molecule has 0 heterocycles. The number of phenolic OH excluding ortho intramolecular Hbond substituents is 2. The van der Waals surface area contributed by atoms with Crippen LogP contribution in [0.1, 0.15) is 11.1 Å². The van der Waals surface area contributed by atoms with Crippen LogP contribution >= 0.6 is 0 Å². The third-order valence-electron chi connectivity index (χ3n) is 3.77. The average molecular weight is 334 g/mol. The van der Waals surface area contributed by atoms with Gasteiger partial charge in [-0.15, -0.1) is 0 Å². The van der Waals surface area contributed by atoms with Gasteiger partial charge in [0.1, 0.15) is 17.2 Å². The van der Waals surface area contributed by atoms with Gasteiger partial charge in [0.2, 0.25) is 0 Å². The molecular formula is C18H22O6. The van der Waals surface area contributed by atoms with Crippen LogP contribution in [0.3, 0.4) is 0 Å². The summed E-state index contributed by atoms with van der Waals surface area (Å²) in [4.78, 5) is 0. The second kappa shape index (κ2) is 7.79. The Morgan fingerprint density at radius 3 is 2.17 bits per heavy atom. The van der Waals surface area contributed by atoms with Crippen molar-refractivity contribution in [3.8, 4) is 28.7 Å². The van der Waals surface area contributed by atoms with Gasteiger partial charge in [-0.1, -0.05) is 6.07 Å². The largest absolute Gasteiger partial charge is 0.507 e. The molecular weight excluding hydrogens is 312 g/mol. The predicted octanol–water partition coefficient (Wildman–Crippen LogP) is 2.27. The number of aliphatic hydroxyl groups is 1. The van der Waals surface area contributed by atoms with E-state index < -0.39 is 6.10 Å². The van der Waals surface area contributed by atoms with E-state index in [1.807, 2.05) is 0 Å². The Morgan fingerprint density at radius 2 is 1.54 bits per heavy atom. The van der Waals surface area contributed by atoms with Gasteiger partial charge >= 0.3 is 0 Å². The number of benzene rings is 2. The van der Waals surface area contributed by atoms with Crippen LogP contribution in [0.4, 0.5) is 0 Å². The molecule has 0 aliphatic heterocycles. The number of hydrogen-bond acceptors (Lipinski definition) is 6. The summed E-state index contributed by atoms with van der Waals surface area (Å²) in [6.45, 7) is 0. The van der Waals surface area contributed by atoms with Crippen molar-refractivity contribution in [3.05, 3.63) is 41.5 Å². The van der Waals surface area contributed by atoms with Crippen molar-refractivity contribution >= 4 is 0 Å². The molecule has 0 saturated carbocycles. The number of phenols is 2. The van der Waals surface area contributed by atoms with Gasteiger partial charge in [-0.2, -0.15) is 0 Å². The summed E-state index contributed by atoms with van der Waals surface area (Å²) in [6.07, 6.45) is -0.194. The standard InChI is InChI=1S/C18H22O6/c1-22-13-9-16(21)14(17(10-13)23-2)8-12(19)6-11-4-5-15(20)18(7-11)24-3/h4-5,7,9-10,12,19-21H,6,8H2,1-3H3/t12-/m1/s1. The maximum Gasteiger partial charge on any atom is 0.160 e. The van der Waals surface area contributed by atoms with Crippen molar-refractivity contribution in [2.45, 2.75) is 18.9 Å². The fourth-order valence-electron chi connectivity index (χ4n) is 2.54. The molecule has 0 fully saturated rings. The lowest BCUT2D eigenvalue weighted by Crippen LogP contribution is -2.15. The van der Waals surface area contributed by atoms with Crippen molar-refractivity contribution in [2.24, 2.45) is 0 Å². The molecule has 130 valence electrons. The zero-order valence-corrected chi connectivity index (χ0v) is 13.9. The van der Waals surface area contributed by atoms with Gasteiger partial charge in [0, 0.05) is 24.1 Å². The van der Waals surface area contributed by atoms with E-state index in [0.29, 0.717) is 29.2 Å². The molecule has 0 aliphatic carbocycles. The van der Waals surface area contributed by atoms with Crippen LogP contribution in [0.15, 0.2) is 30.3 Å². The summed E-state index contributed by atoms with van der Waals surface area (Å²) < 4.78 is 15.4. The fourth-order valence-corrected chi connectivity index (χ4v) is 2.54. The maximum atomic E-state index is 10.4. The zero-order chi connectivity index (χ0) is 17.7. The number of hydrogen-bond donors (Lipinski definition) is 3. The van der Waals surface area contributed by atoms with E-state index >= 15 is 0 Å². The second-order valence-corrected chi connectivity index (χ2v) is 5.40. The van der Waals surface area contributed by atoms with E-state index in [-0.39, 0.29) is 17.9 Å². The molecule has 0 aromatic heterocycles. The van der Waals surface area contributed by atoms with Crippen LogP contribution in [-0.4, -0.2) is 42.8 Å². The zero-order valence-electron chi connectivity index (χ0n) is 13.9. The Morgan fingerprint density at radius 1 is 0.833 bits per heavy atom. The summed E-state index contributed by atoms with van der Waals surface area (Å²) in [7, 11) is 4.46. The van der Waals surface area contributed by atoms with Crippen LogP contribution in [0.5, 0.6) is 28.7 Å². The Hall–Kier alpha value is -2.60. The molecule has 0 amide bonds. The molecule has 0 aliphatic rings. The predicted molar refractivity (Wildman–Crippen MR) is 89.3 cm³/mol. The minimum absolute atomic E-state index is 0.00790. The summed E-state index contributed by atoms with van der Waals surface area (Å²) in [5.74, 6) is 1.34. The lowest BCUT2D eigenvalue weighted by molar-refractivity contribution is 0.173. The van der Waals surface area contributed by atoms with Crippen molar-refractivity contribution in [1.29, 1.82) is 0 Å². The molecule has 6 heteroatoms. The fraction of sp³-hybridized carbons (Fsp3) is 0.333. The molecule has 0 saturated heterocycles. The lowest BCUT2D eigenvalue weighted by atomic mass is 9.99. The van der Waals surface area contributed by atoms with Crippen molar-refractivity contribution in [2.75, 3.05) is 21.3 Å². The highest BCUT2D eigenvalue weighted by molar-refractivity contribution is 5.50. The molecule has 0 radical (unpaired) electrons. The van der Waals surface area contributed by atoms with Gasteiger partial charge in [-0.3, -0.25) is 0 Å². The van der Waals surface area contributed by atoms with Gasteiger partial charge in [0.15, 0.2) is 11.5 Å². The van der Waals surface area contributed by atoms with Gasteiger partial charge in [0.05, 0.1) is 27.4 Å². The van der Waals surface area contributed by atoms with Crippen molar-refractivity contribution in [1.82, 2.24) is 0 Å². The summed E-state index contributed by atoms with van der Waals surface area (Å²) in [5, 5.41) is 30.1. The van der Waals surface area contributed by atoms with Gasteiger partial charge in [0.25, 0.3) is 0 Å². The smallest absolute Gasteiger partial charge is 0.160 e. The number of aliphatic hydroxyl groups excluding tert-OH is 1. The number of methoxy groups -OCH3 is 3. The van der Waals surface area contributed by atoms with Crippen LogP contribution in [0.2, 0.25) is 0 Å². The Balaban J connectivity index is 2.16. The Labute approximate surface area is 140 Å². The SMILES string of the molecule is COc1cc(O)c(C[C@H](O)Cc2ccc(O)c(OC)c2)c(OC)c1. The monoisotopic (exact) mass is 334 g/mol. The quantitative estimate of drug-likeness (QED) is 0.720. The summed E-state index contributed by atoms with van der Waals surface area (Å²) in [5.41, 5.74) is 1.32. The first-order valence-corrected chi connectivity index (χ1v) is 7.46. The molecule has 2 rings (SSSR count). The van der Waals surface area contributed by atoms with Crippen molar-refractivity contribution < 1.29 is 29.5 Å². The van der Waals surface area contributed by atoms with Gasteiger partial charge < -0.3 is 29.5 Å². The van der Waals surface area contributed by atoms with Gasteiger partial charge in [-0.05, 0) is 24.1 Å². The molecule has 1 atom stereocenters. The third-order valence-corrected chi connectivity index (χ3v) is 3.77. The highest BCUT2D eigenvalue weighted by Gasteiger charge is 2.17. The first-order chi connectivity index (χ1) is 11.5. The van der Waals surface area contributed by atoms with Crippen molar-refractivity contribution in [3.63, 3.8) is 0 Å². The molecule has 24 heavy (non-hydrogen) atoms. The highest BCUT2D eigenvalue weighted by Crippen LogP contribution is 2.34. The molecule has 2 aromatic rings. The van der Waals surface area contributed by atoms with E-state index in [0.717, 1.165) is 5.56 Å². The third kappa shape index (κ3) is 4.02. The van der Waals surface area contributed by atoms with E-state index in [9.17, 15) is 15.3 Å². The maximum absolute atomic E-state index is 10.4. The van der Waals surface area contributed by atoms with Crippen LogP contribution in [0.25, 0.3) is 0 Å². The first kappa shape index (κ1) is 17.7. The van der Waals surface area contributed by atoms with E-state index in [1.54, 1.807) is 18.2 Å². The highest BCUT2D eigenvalue weighted by atomic mass is 16.5. The van der Waals surface area contributed by atoms with E-state index in [4.69, 9.17) is 14.2 Å². The Kier molecular flexibility index (Phi) is 5.76. The molecule has 0 unspecified atom stereocenters. The molecule has 0 bridgehead atoms. The minimum Gasteiger partial charge on any atom is -0.507 e. The van der Waals surface area contributed by atoms with Crippen LogP contribution in [0, 0.1) is 0 Å². The topological polar surface area (TPSA) is 88.4 Å². The summed E-state index contributed by atoms with van der Waals surface area (Å²) >= 11 is 0. The number of rotatable bonds is 7. The Bertz CT molecular complexity index is 698. The molecule has 6 nitrogen and oxygen atoms in total. The first-order valence-electron chi connectivity index (χ1n) is 7.46. The number of aromatic hydroxyl groups is 2. The van der Waals surface area contributed by atoms with E-state index in [2.05, 4.69) is 0 Å². The average Bonchev–Trinajstić information content (AvgIpc) is 2.58. The molecule has 3 N–H and O–H groups in total. The van der Waals surface area contributed by atoms with Crippen LogP contribution in [-0.2, 0) is 12.8 Å². The second-order valence-electron chi connectivity index (χ2n) is 5.40. The normalized spacial score (nSPS) is 11.8. The number of ether oxygens (including phenoxy) is 3.